The van der Waals surface area contributed by atoms with Crippen LogP contribution in [0.3, 0.4) is 0 Å². The topological polar surface area (TPSA) is 31.4 Å². The molecule has 0 saturated heterocycles. The fourth-order valence-corrected chi connectivity index (χ4v) is 1.68. The van der Waals surface area contributed by atoms with E-state index in [1.807, 2.05) is 20.8 Å². The highest BCUT2D eigenvalue weighted by Gasteiger charge is 2.25. The zero-order valence-electron chi connectivity index (χ0n) is 12.0. The van der Waals surface area contributed by atoms with E-state index < -0.39 is 0 Å². The minimum absolute atomic E-state index is 0.227. The summed E-state index contributed by atoms with van der Waals surface area (Å²) in [6.45, 7) is 10.4. The number of hydrogen-bond donors (Lipinski definition) is 0. The molecule has 1 aromatic heterocycles. The molecule has 0 atom stereocenters. The third-order valence-electron chi connectivity index (χ3n) is 2.71. The molecule has 0 aliphatic heterocycles. The van der Waals surface area contributed by atoms with Crippen LogP contribution in [0.25, 0.3) is 0 Å². The van der Waals surface area contributed by atoms with Gasteiger partial charge >= 0.3 is 0 Å². The van der Waals surface area contributed by atoms with Crippen molar-refractivity contribution in [2.45, 2.75) is 65.1 Å². The molecule has 1 aromatic rings. The lowest BCUT2D eigenvalue weighted by atomic mass is 10.0. The molecule has 3 nitrogen and oxygen atoms in total. The third-order valence-corrected chi connectivity index (χ3v) is 2.71. The molecule has 1 saturated carbocycles. The van der Waals surface area contributed by atoms with Gasteiger partial charge in [0.25, 0.3) is 0 Å². The van der Waals surface area contributed by atoms with Gasteiger partial charge < -0.3 is 9.47 Å². The van der Waals surface area contributed by atoms with Gasteiger partial charge in [-0.25, -0.2) is 4.98 Å². The Hall–Kier alpha value is -1.25. The molecule has 0 bridgehead atoms. The molecule has 0 aromatic carbocycles. The molecule has 0 unspecified atom stereocenters. The van der Waals surface area contributed by atoms with Gasteiger partial charge in [0.05, 0.1) is 12.3 Å². The molecular formula is C15H23NO2. The summed E-state index contributed by atoms with van der Waals surface area (Å²) in [6.07, 6.45) is 4.50. The number of aromatic nitrogens is 1. The Morgan fingerprint density at radius 1 is 1.28 bits per heavy atom. The predicted octanol–water partition coefficient (Wildman–Crippen LogP) is 3.92. The highest BCUT2D eigenvalue weighted by molar-refractivity contribution is 5.36. The molecule has 3 heteroatoms. The summed E-state index contributed by atoms with van der Waals surface area (Å²) in [4.78, 5) is 4.42. The zero-order chi connectivity index (χ0) is 13.3. The van der Waals surface area contributed by atoms with Crippen molar-refractivity contribution in [2.24, 2.45) is 0 Å². The van der Waals surface area contributed by atoms with Crippen LogP contribution in [-0.4, -0.2) is 16.7 Å². The number of nitrogens with zero attached hydrogens (tertiary/aromatic N) is 1. The van der Waals surface area contributed by atoms with Crippen molar-refractivity contribution in [2.75, 3.05) is 0 Å². The molecule has 1 aliphatic carbocycles. The molecular weight excluding hydrogens is 226 g/mol. The smallest absolute Gasteiger partial charge is 0.217 e. The van der Waals surface area contributed by atoms with Gasteiger partial charge in [-0.3, -0.25) is 0 Å². The normalized spacial score (nSPS) is 15.9. The Bertz CT molecular complexity index is 417. The maximum absolute atomic E-state index is 5.90. The molecule has 0 N–H and O–H groups in total. The summed E-state index contributed by atoms with van der Waals surface area (Å²) in [5, 5.41) is 0. The molecule has 1 aliphatic rings. The quantitative estimate of drug-likeness (QED) is 0.810. The molecule has 0 amide bonds. The second-order valence-corrected chi connectivity index (χ2v) is 6.25. The first-order valence-electron chi connectivity index (χ1n) is 6.71. The number of rotatable bonds is 4. The molecule has 0 spiro atoms. The first-order valence-corrected chi connectivity index (χ1v) is 6.71. The lowest BCUT2D eigenvalue weighted by Gasteiger charge is -2.23. The third kappa shape index (κ3) is 3.62. The van der Waals surface area contributed by atoms with Gasteiger partial charge in [-0.1, -0.05) is 13.8 Å². The van der Waals surface area contributed by atoms with Crippen LogP contribution in [-0.2, 0) is 0 Å². The monoisotopic (exact) mass is 249 g/mol. The van der Waals surface area contributed by atoms with Gasteiger partial charge in [0.1, 0.15) is 11.4 Å². The van der Waals surface area contributed by atoms with Gasteiger partial charge in [-0.05, 0) is 45.6 Å². The molecule has 2 rings (SSSR count). The first kappa shape index (κ1) is 13.2. The molecule has 18 heavy (non-hydrogen) atoms. The number of pyridine rings is 1. The van der Waals surface area contributed by atoms with Crippen LogP contribution in [0.5, 0.6) is 11.6 Å². The van der Waals surface area contributed by atoms with E-state index in [1.165, 1.54) is 0 Å². The molecule has 100 valence electrons. The summed E-state index contributed by atoms with van der Waals surface area (Å²) in [5.41, 5.74) is 0.887. The Balaban J connectivity index is 2.22. The summed E-state index contributed by atoms with van der Waals surface area (Å²) in [7, 11) is 0. The van der Waals surface area contributed by atoms with Crippen LogP contribution in [0.15, 0.2) is 12.3 Å². The van der Waals surface area contributed by atoms with Crippen LogP contribution in [0, 0.1) is 0 Å². The van der Waals surface area contributed by atoms with Crippen LogP contribution in [0.4, 0.5) is 0 Å². The Labute approximate surface area is 110 Å². The summed E-state index contributed by atoms with van der Waals surface area (Å²) < 4.78 is 11.7. The average Bonchev–Trinajstić information content (AvgIpc) is 3.01. The maximum atomic E-state index is 5.90. The van der Waals surface area contributed by atoms with Gasteiger partial charge in [-0.15, -0.1) is 0 Å². The number of hydrogen-bond acceptors (Lipinski definition) is 3. The van der Waals surface area contributed by atoms with Crippen molar-refractivity contribution in [3.05, 3.63) is 17.8 Å². The first-order chi connectivity index (χ1) is 8.35. The largest absolute Gasteiger partial charge is 0.489 e. The Morgan fingerprint density at radius 2 is 1.94 bits per heavy atom. The Kier molecular flexibility index (Phi) is 3.51. The lowest BCUT2D eigenvalue weighted by molar-refractivity contribution is 0.121. The predicted molar refractivity (Wildman–Crippen MR) is 72.4 cm³/mol. The van der Waals surface area contributed by atoms with E-state index in [0.717, 1.165) is 30.0 Å². The van der Waals surface area contributed by atoms with Gasteiger partial charge in [0, 0.05) is 5.56 Å². The summed E-state index contributed by atoms with van der Waals surface area (Å²) in [6, 6.07) is 2.07. The molecule has 1 fully saturated rings. The van der Waals surface area contributed by atoms with Crippen molar-refractivity contribution in [1.82, 2.24) is 4.98 Å². The fourth-order valence-electron chi connectivity index (χ4n) is 1.68. The molecule has 0 radical (unpaired) electrons. The number of ether oxygens (including phenoxy) is 2. The highest BCUT2D eigenvalue weighted by atomic mass is 16.5. The van der Waals surface area contributed by atoms with E-state index in [2.05, 4.69) is 24.9 Å². The van der Waals surface area contributed by atoms with E-state index in [1.54, 1.807) is 6.20 Å². The SMILES string of the molecule is CC(C)c1cc(OC2CC2)cnc1OC(C)(C)C. The van der Waals surface area contributed by atoms with Crippen molar-refractivity contribution in [3.8, 4) is 11.6 Å². The summed E-state index contributed by atoms with van der Waals surface area (Å²) in [5.74, 6) is 1.96. The highest BCUT2D eigenvalue weighted by Crippen LogP contribution is 2.33. The van der Waals surface area contributed by atoms with Crippen LogP contribution >= 0.6 is 0 Å². The van der Waals surface area contributed by atoms with E-state index >= 15 is 0 Å². The zero-order valence-corrected chi connectivity index (χ0v) is 12.0. The Morgan fingerprint density at radius 3 is 2.44 bits per heavy atom. The average molecular weight is 249 g/mol. The standard InChI is InChI=1S/C15H23NO2/c1-10(2)13-8-12(17-11-6-7-11)9-16-14(13)18-15(3,4)5/h8-11H,6-7H2,1-5H3. The fraction of sp³-hybridized carbons (Fsp3) is 0.667. The van der Waals surface area contributed by atoms with Crippen molar-refractivity contribution < 1.29 is 9.47 Å². The minimum Gasteiger partial charge on any atom is -0.489 e. The van der Waals surface area contributed by atoms with Gasteiger partial charge in [0.2, 0.25) is 5.88 Å². The van der Waals surface area contributed by atoms with Gasteiger partial charge in [-0.2, -0.15) is 0 Å². The van der Waals surface area contributed by atoms with Crippen molar-refractivity contribution in [1.29, 1.82) is 0 Å². The van der Waals surface area contributed by atoms with E-state index in [4.69, 9.17) is 9.47 Å². The van der Waals surface area contributed by atoms with Crippen molar-refractivity contribution >= 4 is 0 Å². The van der Waals surface area contributed by atoms with Crippen LogP contribution in [0.2, 0.25) is 0 Å². The second kappa shape index (κ2) is 4.79. The molecule has 1 heterocycles. The lowest BCUT2D eigenvalue weighted by Crippen LogP contribution is -2.24. The van der Waals surface area contributed by atoms with Crippen LogP contribution in [0.1, 0.15) is 58.9 Å². The van der Waals surface area contributed by atoms with Crippen molar-refractivity contribution in [3.63, 3.8) is 0 Å². The minimum atomic E-state index is -0.227. The van der Waals surface area contributed by atoms with E-state index in [9.17, 15) is 0 Å². The van der Waals surface area contributed by atoms with E-state index in [-0.39, 0.29) is 5.60 Å². The van der Waals surface area contributed by atoms with E-state index in [0.29, 0.717) is 12.0 Å². The maximum Gasteiger partial charge on any atom is 0.217 e. The van der Waals surface area contributed by atoms with Gasteiger partial charge in [0.15, 0.2) is 0 Å². The van der Waals surface area contributed by atoms with Crippen LogP contribution < -0.4 is 9.47 Å². The summed E-state index contributed by atoms with van der Waals surface area (Å²) >= 11 is 0. The second-order valence-electron chi connectivity index (χ2n) is 6.25.